The van der Waals surface area contributed by atoms with Gasteiger partial charge in [0, 0.05) is 30.0 Å². The average Bonchev–Trinajstić information content (AvgIpc) is 3.25. The monoisotopic (exact) mass is 333 g/mol. The predicted octanol–water partition coefficient (Wildman–Crippen LogP) is 2.55. The topological polar surface area (TPSA) is 86.8 Å². The Bertz CT molecular complexity index is 915. The first kappa shape index (κ1) is 15.6. The fourth-order valence-corrected chi connectivity index (χ4v) is 3.65. The maximum Gasteiger partial charge on any atom is 0.143 e. The minimum absolute atomic E-state index is 0.0436. The van der Waals surface area contributed by atoms with E-state index < -0.39 is 6.10 Å². The van der Waals surface area contributed by atoms with Gasteiger partial charge in [-0.05, 0) is 37.0 Å². The summed E-state index contributed by atoms with van der Waals surface area (Å²) < 4.78 is 1.91. The number of fused-ring (bicyclic) bond motifs is 1. The Morgan fingerprint density at radius 2 is 2.16 bits per heavy atom. The van der Waals surface area contributed by atoms with Crippen molar-refractivity contribution in [1.29, 1.82) is 5.26 Å². The molecule has 2 aromatic heterocycles. The molecule has 1 aliphatic rings. The third-order valence-electron chi connectivity index (χ3n) is 4.80. The number of para-hydroxylation sites is 1. The van der Waals surface area contributed by atoms with Gasteiger partial charge in [-0.1, -0.05) is 18.2 Å². The third kappa shape index (κ3) is 3.19. The summed E-state index contributed by atoms with van der Waals surface area (Å²) in [5.41, 5.74) is 2.01. The van der Waals surface area contributed by atoms with E-state index in [2.05, 4.69) is 21.5 Å². The quantitative estimate of drug-likeness (QED) is 0.766. The van der Waals surface area contributed by atoms with Crippen LogP contribution in [-0.4, -0.2) is 32.0 Å². The Kier molecular flexibility index (Phi) is 4.08. The number of benzene rings is 1. The lowest BCUT2D eigenvalue weighted by Gasteiger charge is -2.19. The number of hydrogen-bond acceptors (Lipinski definition) is 5. The van der Waals surface area contributed by atoms with Crippen molar-refractivity contribution in [2.45, 2.75) is 31.5 Å². The van der Waals surface area contributed by atoms with Gasteiger partial charge in [0.2, 0.25) is 0 Å². The lowest BCUT2D eigenvalue weighted by atomic mass is 10.1. The second-order valence-corrected chi connectivity index (χ2v) is 6.57. The van der Waals surface area contributed by atoms with Crippen molar-refractivity contribution in [2.75, 3.05) is 5.32 Å². The molecule has 0 aliphatic heterocycles. The summed E-state index contributed by atoms with van der Waals surface area (Å²) in [6.07, 6.45) is 4.90. The Morgan fingerprint density at radius 1 is 1.28 bits per heavy atom. The van der Waals surface area contributed by atoms with Crippen LogP contribution in [0, 0.1) is 17.2 Å². The Labute approximate surface area is 145 Å². The van der Waals surface area contributed by atoms with Crippen molar-refractivity contribution >= 4 is 16.6 Å². The van der Waals surface area contributed by atoms with Crippen molar-refractivity contribution in [1.82, 2.24) is 14.8 Å². The molecule has 6 heteroatoms. The molecule has 0 radical (unpaired) electrons. The molecule has 2 N–H and O–H groups in total. The van der Waals surface area contributed by atoms with E-state index in [0.29, 0.717) is 11.6 Å². The van der Waals surface area contributed by atoms with E-state index in [9.17, 15) is 10.4 Å². The van der Waals surface area contributed by atoms with E-state index in [1.807, 2.05) is 41.2 Å². The summed E-state index contributed by atoms with van der Waals surface area (Å²) in [5, 5.41) is 28.4. The fourth-order valence-electron chi connectivity index (χ4n) is 3.65. The van der Waals surface area contributed by atoms with E-state index in [4.69, 9.17) is 0 Å². The zero-order chi connectivity index (χ0) is 17.2. The summed E-state index contributed by atoms with van der Waals surface area (Å²) in [6.45, 7) is 0.808. The predicted molar refractivity (Wildman–Crippen MR) is 94.8 cm³/mol. The van der Waals surface area contributed by atoms with Gasteiger partial charge in [0.05, 0.1) is 17.7 Å². The molecular weight excluding hydrogens is 314 g/mol. The van der Waals surface area contributed by atoms with E-state index in [-0.39, 0.29) is 6.04 Å². The van der Waals surface area contributed by atoms with E-state index in [1.54, 1.807) is 12.3 Å². The SMILES string of the molecule is N#Cc1cc(N[C@@H]2CC(Cn3cccn3)C[C@H]2O)c2ccccc2n1. The molecule has 0 bridgehead atoms. The van der Waals surface area contributed by atoms with E-state index >= 15 is 0 Å². The normalized spacial score (nSPS) is 22.8. The molecule has 3 atom stereocenters. The number of aliphatic hydroxyl groups is 1. The largest absolute Gasteiger partial charge is 0.391 e. The first-order valence-electron chi connectivity index (χ1n) is 8.45. The van der Waals surface area contributed by atoms with Crippen molar-refractivity contribution in [3.8, 4) is 6.07 Å². The minimum atomic E-state index is -0.418. The molecular formula is C19H19N5O. The zero-order valence-corrected chi connectivity index (χ0v) is 13.7. The third-order valence-corrected chi connectivity index (χ3v) is 4.80. The van der Waals surface area contributed by atoms with Crippen molar-refractivity contribution in [3.05, 3.63) is 54.5 Å². The molecule has 6 nitrogen and oxygen atoms in total. The van der Waals surface area contributed by atoms with Crippen LogP contribution in [0.2, 0.25) is 0 Å². The van der Waals surface area contributed by atoms with Crippen LogP contribution in [0.3, 0.4) is 0 Å². The summed E-state index contributed by atoms with van der Waals surface area (Å²) in [5.74, 6) is 0.371. The molecule has 0 spiro atoms. The zero-order valence-electron chi connectivity index (χ0n) is 13.7. The first-order valence-corrected chi connectivity index (χ1v) is 8.45. The van der Waals surface area contributed by atoms with Gasteiger partial charge < -0.3 is 10.4 Å². The number of nitrogens with one attached hydrogen (secondary N) is 1. The molecule has 0 saturated heterocycles. The van der Waals surface area contributed by atoms with Crippen molar-refractivity contribution in [3.63, 3.8) is 0 Å². The number of pyridine rings is 1. The molecule has 1 aliphatic carbocycles. The van der Waals surface area contributed by atoms with Gasteiger partial charge in [-0.15, -0.1) is 0 Å². The molecule has 4 rings (SSSR count). The smallest absolute Gasteiger partial charge is 0.143 e. The van der Waals surface area contributed by atoms with Gasteiger partial charge in [0.1, 0.15) is 11.8 Å². The van der Waals surface area contributed by atoms with Crippen LogP contribution in [0.5, 0.6) is 0 Å². The van der Waals surface area contributed by atoms with Crippen molar-refractivity contribution in [2.24, 2.45) is 5.92 Å². The molecule has 2 heterocycles. The highest BCUT2D eigenvalue weighted by Gasteiger charge is 2.33. The molecule has 1 saturated carbocycles. The summed E-state index contributed by atoms with van der Waals surface area (Å²) in [7, 11) is 0. The Balaban J connectivity index is 1.56. The fraction of sp³-hybridized carbons (Fsp3) is 0.316. The number of nitrogens with zero attached hydrogens (tertiary/aromatic N) is 4. The molecule has 126 valence electrons. The number of rotatable bonds is 4. The lowest BCUT2D eigenvalue weighted by Crippen LogP contribution is -2.28. The van der Waals surface area contributed by atoms with Crippen LogP contribution < -0.4 is 5.32 Å². The molecule has 25 heavy (non-hydrogen) atoms. The molecule has 0 amide bonds. The molecule has 3 aromatic rings. The van der Waals surface area contributed by atoms with Crippen LogP contribution in [0.1, 0.15) is 18.5 Å². The first-order chi connectivity index (χ1) is 12.2. The van der Waals surface area contributed by atoms with Gasteiger partial charge in [0.25, 0.3) is 0 Å². The second-order valence-electron chi connectivity index (χ2n) is 6.57. The van der Waals surface area contributed by atoms with Crippen LogP contribution in [0.15, 0.2) is 48.8 Å². The molecule has 1 unspecified atom stereocenters. The second kappa shape index (κ2) is 6.54. The standard InChI is InChI=1S/C19H19N5O/c20-11-14-10-17(15-4-1-2-5-16(15)22-14)23-18-8-13(9-19(18)25)12-24-7-3-6-21-24/h1-7,10,13,18-19,25H,8-9,12H2,(H,22,23)/t13?,18-,19-/m1/s1. The highest BCUT2D eigenvalue weighted by atomic mass is 16.3. The summed E-state index contributed by atoms with van der Waals surface area (Å²) >= 11 is 0. The van der Waals surface area contributed by atoms with E-state index in [1.165, 1.54) is 0 Å². The number of aromatic nitrogens is 3. The van der Waals surface area contributed by atoms with Gasteiger partial charge in [-0.25, -0.2) is 4.98 Å². The maximum absolute atomic E-state index is 10.5. The van der Waals surface area contributed by atoms with Crippen LogP contribution in [-0.2, 0) is 6.54 Å². The minimum Gasteiger partial charge on any atom is -0.391 e. The van der Waals surface area contributed by atoms with Gasteiger partial charge in [-0.2, -0.15) is 10.4 Å². The Hall–Kier alpha value is -2.91. The number of hydrogen-bond donors (Lipinski definition) is 2. The number of aliphatic hydroxyl groups excluding tert-OH is 1. The summed E-state index contributed by atoms with van der Waals surface area (Å²) in [4.78, 5) is 4.34. The summed E-state index contributed by atoms with van der Waals surface area (Å²) in [6, 6.07) is 13.5. The van der Waals surface area contributed by atoms with Crippen LogP contribution in [0.25, 0.3) is 10.9 Å². The van der Waals surface area contributed by atoms with Crippen molar-refractivity contribution < 1.29 is 5.11 Å². The van der Waals surface area contributed by atoms with Gasteiger partial charge in [-0.3, -0.25) is 4.68 Å². The average molecular weight is 333 g/mol. The number of anilines is 1. The maximum atomic E-state index is 10.5. The van der Waals surface area contributed by atoms with Gasteiger partial charge >= 0.3 is 0 Å². The van der Waals surface area contributed by atoms with Crippen LogP contribution >= 0.6 is 0 Å². The highest BCUT2D eigenvalue weighted by molar-refractivity contribution is 5.91. The molecule has 1 fully saturated rings. The van der Waals surface area contributed by atoms with Gasteiger partial charge in [0.15, 0.2) is 0 Å². The number of nitriles is 1. The highest BCUT2D eigenvalue weighted by Crippen LogP contribution is 2.32. The Morgan fingerprint density at radius 3 is 2.96 bits per heavy atom. The van der Waals surface area contributed by atoms with E-state index in [0.717, 1.165) is 36.0 Å². The lowest BCUT2D eigenvalue weighted by molar-refractivity contribution is 0.166. The van der Waals surface area contributed by atoms with Crippen LogP contribution in [0.4, 0.5) is 5.69 Å². The molecule has 1 aromatic carbocycles.